The van der Waals surface area contributed by atoms with Gasteiger partial charge in [0.15, 0.2) is 5.13 Å². The smallest absolute Gasteiger partial charge is 0.230 e. The van der Waals surface area contributed by atoms with Gasteiger partial charge in [0.1, 0.15) is 11.3 Å². The summed E-state index contributed by atoms with van der Waals surface area (Å²) in [5, 5.41) is 1.15. The second-order valence-corrected chi connectivity index (χ2v) is 9.73. The molecule has 0 unspecified atom stereocenters. The Morgan fingerprint density at radius 1 is 0.972 bits per heavy atom. The second-order valence-electron chi connectivity index (χ2n) is 8.34. The van der Waals surface area contributed by atoms with Crippen LogP contribution in [-0.4, -0.2) is 23.0 Å². The summed E-state index contributed by atoms with van der Waals surface area (Å²) in [7, 11) is 1.60. The molecule has 1 amide bonds. The number of carbonyl (C=O) groups is 1. The van der Waals surface area contributed by atoms with Crippen LogP contribution in [0.5, 0.6) is 5.75 Å². The van der Waals surface area contributed by atoms with Crippen molar-refractivity contribution in [2.75, 3.05) is 12.0 Å². The fraction of sp³-hybridized carbons (Fsp3) is 0.138. The standard InChI is InChI=1S/C29H24ClN3O2S/c1-35-25-15-14-24(30)28-27(25)32-29(36-28)33(19-20-9-8-16-31-18-20)26(34)17-23(21-10-4-2-5-11-21)22-12-6-3-7-13-22/h2-16,18,23H,17,19H2,1H3. The van der Waals surface area contributed by atoms with Gasteiger partial charge < -0.3 is 4.74 Å². The number of thiazole rings is 1. The van der Waals surface area contributed by atoms with E-state index in [0.29, 0.717) is 28.0 Å². The van der Waals surface area contributed by atoms with Crippen molar-refractivity contribution in [3.63, 3.8) is 0 Å². The molecular formula is C29H24ClN3O2S. The van der Waals surface area contributed by atoms with Crippen LogP contribution < -0.4 is 9.64 Å². The molecular weight excluding hydrogens is 490 g/mol. The Bertz CT molecular complexity index is 1420. The third-order valence-corrected chi connectivity index (χ3v) is 7.58. The van der Waals surface area contributed by atoms with E-state index in [0.717, 1.165) is 21.4 Å². The highest BCUT2D eigenvalue weighted by atomic mass is 35.5. The molecule has 2 heterocycles. The number of rotatable bonds is 8. The summed E-state index contributed by atoms with van der Waals surface area (Å²) in [5.74, 6) is 0.492. The minimum atomic E-state index is -0.0937. The summed E-state index contributed by atoms with van der Waals surface area (Å²) in [5.41, 5.74) is 3.75. The maximum Gasteiger partial charge on any atom is 0.230 e. The number of amides is 1. The van der Waals surface area contributed by atoms with E-state index in [1.165, 1.54) is 11.3 Å². The van der Waals surface area contributed by atoms with Crippen molar-refractivity contribution in [3.05, 3.63) is 119 Å². The summed E-state index contributed by atoms with van der Waals surface area (Å²) in [4.78, 5) is 24.8. The zero-order chi connectivity index (χ0) is 24.9. The first-order valence-electron chi connectivity index (χ1n) is 11.6. The van der Waals surface area contributed by atoms with Crippen LogP contribution in [0.4, 0.5) is 5.13 Å². The molecule has 0 bridgehead atoms. The molecule has 0 aliphatic heterocycles. The fourth-order valence-corrected chi connectivity index (χ4v) is 5.51. The Morgan fingerprint density at radius 3 is 2.28 bits per heavy atom. The molecule has 0 atom stereocenters. The van der Waals surface area contributed by atoms with Gasteiger partial charge in [-0.25, -0.2) is 4.98 Å². The molecule has 2 aromatic heterocycles. The number of benzene rings is 3. The molecule has 36 heavy (non-hydrogen) atoms. The number of fused-ring (bicyclic) bond motifs is 1. The van der Waals surface area contributed by atoms with E-state index >= 15 is 0 Å². The van der Waals surface area contributed by atoms with Crippen LogP contribution in [-0.2, 0) is 11.3 Å². The van der Waals surface area contributed by atoms with E-state index < -0.39 is 0 Å². The lowest BCUT2D eigenvalue weighted by atomic mass is 9.88. The molecule has 5 aromatic rings. The predicted octanol–water partition coefficient (Wildman–Crippen LogP) is 7.11. The van der Waals surface area contributed by atoms with Crippen LogP contribution in [0.1, 0.15) is 29.0 Å². The minimum absolute atomic E-state index is 0.0364. The van der Waals surface area contributed by atoms with Crippen molar-refractivity contribution >= 4 is 44.2 Å². The topological polar surface area (TPSA) is 55.3 Å². The van der Waals surface area contributed by atoms with E-state index in [1.54, 1.807) is 36.5 Å². The zero-order valence-corrected chi connectivity index (χ0v) is 21.2. The third-order valence-electron chi connectivity index (χ3n) is 6.05. The number of halogens is 1. The van der Waals surface area contributed by atoms with Crippen LogP contribution in [0, 0.1) is 0 Å². The SMILES string of the molecule is COc1ccc(Cl)c2sc(N(Cc3cccnc3)C(=O)CC(c3ccccc3)c3ccccc3)nc12. The van der Waals surface area contributed by atoms with Crippen molar-refractivity contribution in [2.24, 2.45) is 0 Å². The van der Waals surface area contributed by atoms with Crippen LogP contribution in [0.15, 0.2) is 97.3 Å². The van der Waals surface area contributed by atoms with Gasteiger partial charge >= 0.3 is 0 Å². The van der Waals surface area contributed by atoms with Gasteiger partial charge in [0.2, 0.25) is 5.91 Å². The summed E-state index contributed by atoms with van der Waals surface area (Å²) >= 11 is 7.88. The maximum atomic E-state index is 14.0. The molecule has 0 saturated carbocycles. The maximum absolute atomic E-state index is 14.0. The molecule has 7 heteroatoms. The average molecular weight is 514 g/mol. The number of hydrogen-bond acceptors (Lipinski definition) is 5. The Labute approximate surface area is 219 Å². The number of hydrogen-bond donors (Lipinski definition) is 0. The van der Waals surface area contributed by atoms with Gasteiger partial charge in [0, 0.05) is 24.7 Å². The molecule has 0 aliphatic carbocycles. The molecule has 5 nitrogen and oxygen atoms in total. The monoisotopic (exact) mass is 513 g/mol. The molecule has 0 saturated heterocycles. The first-order chi connectivity index (χ1) is 17.6. The largest absolute Gasteiger partial charge is 0.494 e. The highest BCUT2D eigenvalue weighted by Gasteiger charge is 2.26. The number of nitrogens with zero attached hydrogens (tertiary/aromatic N) is 3. The molecule has 3 aromatic carbocycles. The molecule has 180 valence electrons. The number of pyridine rings is 1. The summed E-state index contributed by atoms with van der Waals surface area (Å²) in [6, 6.07) is 27.7. The van der Waals surface area contributed by atoms with Crippen LogP contribution in [0.3, 0.4) is 0 Å². The lowest BCUT2D eigenvalue weighted by Crippen LogP contribution is -2.31. The van der Waals surface area contributed by atoms with Gasteiger partial charge in [-0.05, 0) is 34.9 Å². The van der Waals surface area contributed by atoms with Crippen LogP contribution in [0.2, 0.25) is 5.02 Å². The van der Waals surface area contributed by atoms with E-state index in [4.69, 9.17) is 21.3 Å². The Kier molecular flexibility index (Phi) is 7.26. The number of carbonyl (C=O) groups excluding carboxylic acids is 1. The van der Waals surface area contributed by atoms with Crippen molar-refractivity contribution in [3.8, 4) is 5.75 Å². The number of aromatic nitrogens is 2. The highest BCUT2D eigenvalue weighted by Crippen LogP contribution is 2.40. The van der Waals surface area contributed by atoms with Crippen molar-refractivity contribution in [1.29, 1.82) is 0 Å². The highest BCUT2D eigenvalue weighted by molar-refractivity contribution is 7.23. The van der Waals surface area contributed by atoms with Crippen LogP contribution in [0.25, 0.3) is 10.2 Å². The summed E-state index contributed by atoms with van der Waals surface area (Å²) in [6.07, 6.45) is 3.78. The minimum Gasteiger partial charge on any atom is -0.494 e. The van der Waals surface area contributed by atoms with E-state index in [9.17, 15) is 4.79 Å². The Balaban J connectivity index is 1.55. The third kappa shape index (κ3) is 5.10. The fourth-order valence-electron chi connectivity index (χ4n) is 4.24. The van der Waals surface area contributed by atoms with E-state index in [-0.39, 0.29) is 18.2 Å². The number of methoxy groups -OCH3 is 1. The molecule has 5 rings (SSSR count). The summed E-state index contributed by atoms with van der Waals surface area (Å²) < 4.78 is 6.30. The number of ether oxygens (including phenoxy) is 1. The lowest BCUT2D eigenvalue weighted by molar-refractivity contribution is -0.119. The molecule has 0 N–H and O–H groups in total. The van der Waals surface area contributed by atoms with E-state index in [2.05, 4.69) is 29.2 Å². The van der Waals surface area contributed by atoms with Gasteiger partial charge in [0.05, 0.1) is 23.4 Å². The van der Waals surface area contributed by atoms with Gasteiger partial charge in [0.25, 0.3) is 0 Å². The molecule has 0 radical (unpaired) electrons. The van der Waals surface area contributed by atoms with Gasteiger partial charge in [-0.1, -0.05) is 89.7 Å². The molecule has 0 fully saturated rings. The van der Waals surface area contributed by atoms with Crippen molar-refractivity contribution in [1.82, 2.24) is 9.97 Å². The second kappa shape index (κ2) is 10.9. The van der Waals surface area contributed by atoms with Gasteiger partial charge in [-0.15, -0.1) is 0 Å². The van der Waals surface area contributed by atoms with Crippen molar-refractivity contribution in [2.45, 2.75) is 18.9 Å². The summed E-state index contributed by atoms with van der Waals surface area (Å²) in [6.45, 7) is 0.350. The number of anilines is 1. The quantitative estimate of drug-likeness (QED) is 0.222. The first kappa shape index (κ1) is 24.0. The van der Waals surface area contributed by atoms with E-state index in [1.807, 2.05) is 48.5 Å². The lowest BCUT2D eigenvalue weighted by Gasteiger charge is -2.24. The van der Waals surface area contributed by atoms with Crippen molar-refractivity contribution < 1.29 is 9.53 Å². The Hall–Kier alpha value is -3.74. The van der Waals surface area contributed by atoms with Gasteiger partial charge in [-0.2, -0.15) is 0 Å². The van der Waals surface area contributed by atoms with Gasteiger partial charge in [-0.3, -0.25) is 14.7 Å². The molecule has 0 spiro atoms. The normalized spacial score (nSPS) is 11.1. The zero-order valence-electron chi connectivity index (χ0n) is 19.7. The average Bonchev–Trinajstić information content (AvgIpc) is 3.38. The predicted molar refractivity (Wildman–Crippen MR) is 146 cm³/mol. The van der Waals surface area contributed by atoms with Crippen LogP contribution >= 0.6 is 22.9 Å². The molecule has 0 aliphatic rings. The first-order valence-corrected chi connectivity index (χ1v) is 12.8. The Morgan fingerprint density at radius 2 is 1.67 bits per heavy atom.